The smallest absolute Gasteiger partial charge is 0.408 e. The molecule has 1 heterocycles. The molecule has 8 heteroatoms. The second-order valence-electron chi connectivity index (χ2n) is 11.9. The highest BCUT2D eigenvalue weighted by atomic mass is 16.6. The Balaban J connectivity index is 1.50. The predicted molar refractivity (Wildman–Crippen MR) is 163 cm³/mol. The Morgan fingerprint density at radius 3 is 2.12 bits per heavy atom. The highest BCUT2D eigenvalue weighted by Gasteiger charge is 2.25. The second kappa shape index (κ2) is 14.6. The van der Waals surface area contributed by atoms with Gasteiger partial charge in [-0.2, -0.15) is 0 Å². The topological polar surface area (TPSA) is 116 Å². The number of carbonyl (C=O) groups is 2. The Morgan fingerprint density at radius 2 is 1.51 bits per heavy atom. The van der Waals surface area contributed by atoms with Crippen LogP contribution in [0.15, 0.2) is 72.8 Å². The van der Waals surface area contributed by atoms with E-state index in [9.17, 15) is 9.59 Å². The number of nitrogens with two attached hydrogens (primary N) is 1. The first-order valence-electron chi connectivity index (χ1n) is 14.2. The average Bonchev–Trinajstić information content (AvgIpc) is 2.94. The summed E-state index contributed by atoms with van der Waals surface area (Å²) in [6.45, 7) is 10.5. The first-order chi connectivity index (χ1) is 19.5. The lowest BCUT2D eigenvalue weighted by molar-refractivity contribution is -0.123. The fraction of sp³-hybridized carbons (Fsp3) is 0.424. The van der Waals surface area contributed by atoms with Crippen molar-refractivity contribution in [3.8, 4) is 28.3 Å². The third kappa shape index (κ3) is 10.9. The van der Waals surface area contributed by atoms with E-state index in [0.717, 1.165) is 41.6 Å². The molecule has 1 atom stereocenters. The number of hydrogen-bond acceptors (Lipinski definition) is 6. The van der Waals surface area contributed by atoms with Crippen LogP contribution in [-0.4, -0.2) is 48.3 Å². The molecule has 2 amide bonds. The predicted octanol–water partition coefficient (Wildman–Crippen LogP) is 5.96. The maximum Gasteiger partial charge on any atom is 0.408 e. The van der Waals surface area contributed by atoms with Gasteiger partial charge in [-0.3, -0.25) is 4.79 Å². The van der Waals surface area contributed by atoms with Gasteiger partial charge in [0.25, 0.3) is 0 Å². The zero-order chi connectivity index (χ0) is 29.9. The van der Waals surface area contributed by atoms with E-state index in [2.05, 4.69) is 42.7 Å². The Kier molecular flexibility index (Phi) is 11.3. The maximum absolute atomic E-state index is 12.6. The van der Waals surface area contributed by atoms with Crippen molar-refractivity contribution in [3.05, 3.63) is 72.8 Å². The molecule has 3 rings (SSSR count). The summed E-state index contributed by atoms with van der Waals surface area (Å²) in [6.07, 6.45) is 1.99. The first kappa shape index (κ1) is 31.6. The molecule has 0 aliphatic rings. The van der Waals surface area contributed by atoms with Crippen molar-refractivity contribution in [2.75, 3.05) is 19.7 Å². The lowest BCUT2D eigenvalue weighted by Crippen LogP contribution is -2.53. The van der Waals surface area contributed by atoms with Crippen LogP contribution in [0.25, 0.3) is 22.4 Å². The molecule has 0 spiro atoms. The largest absolute Gasteiger partial charge is 0.478 e. The van der Waals surface area contributed by atoms with Crippen LogP contribution in [-0.2, 0) is 9.53 Å². The fourth-order valence-corrected chi connectivity index (χ4v) is 4.23. The van der Waals surface area contributed by atoms with Crippen molar-refractivity contribution in [2.24, 2.45) is 11.1 Å². The van der Waals surface area contributed by atoms with Crippen LogP contribution in [0, 0.1) is 5.41 Å². The van der Waals surface area contributed by atoms with Crippen molar-refractivity contribution in [1.29, 1.82) is 0 Å². The molecule has 0 aliphatic carbocycles. The molecule has 0 radical (unpaired) electrons. The van der Waals surface area contributed by atoms with Gasteiger partial charge in [-0.15, -0.1) is 0 Å². The summed E-state index contributed by atoms with van der Waals surface area (Å²) in [7, 11) is 0. The molecule has 1 unspecified atom stereocenters. The van der Waals surface area contributed by atoms with Gasteiger partial charge in [0.15, 0.2) is 0 Å². The van der Waals surface area contributed by atoms with Crippen LogP contribution in [0.1, 0.15) is 53.9 Å². The van der Waals surface area contributed by atoms with Gasteiger partial charge in [0.05, 0.1) is 12.3 Å². The van der Waals surface area contributed by atoms with Gasteiger partial charge in [0.1, 0.15) is 11.6 Å². The number of nitrogens with one attached hydrogen (secondary N) is 2. The number of alkyl carbamates (subject to hydrolysis) is 1. The van der Waals surface area contributed by atoms with Crippen LogP contribution in [0.3, 0.4) is 0 Å². The quantitative estimate of drug-likeness (QED) is 0.222. The average molecular weight is 561 g/mol. The molecular formula is C33H44N4O4. The van der Waals surface area contributed by atoms with E-state index in [4.69, 9.17) is 20.2 Å². The molecule has 0 saturated carbocycles. The normalized spacial score (nSPS) is 12.3. The lowest BCUT2D eigenvalue weighted by atomic mass is 9.87. The lowest BCUT2D eigenvalue weighted by Gasteiger charge is -2.27. The molecule has 8 nitrogen and oxygen atoms in total. The molecule has 220 valence electrons. The summed E-state index contributed by atoms with van der Waals surface area (Å²) in [4.78, 5) is 29.4. The molecule has 3 aromatic rings. The molecule has 41 heavy (non-hydrogen) atoms. The Hall–Kier alpha value is -3.91. The third-order valence-electron chi connectivity index (χ3n) is 6.46. The first-order valence-corrected chi connectivity index (χ1v) is 14.2. The van der Waals surface area contributed by atoms with Crippen LogP contribution in [0.2, 0.25) is 0 Å². The monoisotopic (exact) mass is 560 g/mol. The minimum absolute atomic E-state index is 0.0195. The van der Waals surface area contributed by atoms with Gasteiger partial charge in [-0.25, -0.2) is 9.78 Å². The standard InChI is InChI=1S/C33H44N4O4/c1-32(2,3)41-31(39)37-28(22-34)30(38)35-23-33(4,5)18-12-13-19-40-29-21-26(24-14-8-6-9-15-24)20-27(36-29)25-16-10-7-11-17-25/h6-11,14-17,20-21,28H,12-13,18-19,22-23,34H2,1-5H3,(H,35,38)(H,37,39). The Morgan fingerprint density at radius 1 is 0.878 bits per heavy atom. The molecule has 0 aliphatic heterocycles. The van der Waals surface area contributed by atoms with E-state index in [0.29, 0.717) is 19.0 Å². The Labute approximate surface area is 244 Å². The van der Waals surface area contributed by atoms with E-state index in [1.807, 2.05) is 54.6 Å². The number of aromatic nitrogens is 1. The van der Waals surface area contributed by atoms with Crippen LogP contribution in [0.5, 0.6) is 5.88 Å². The summed E-state index contributed by atoms with van der Waals surface area (Å²) in [5, 5.41) is 5.46. The van der Waals surface area contributed by atoms with Gasteiger partial charge in [-0.05, 0) is 62.6 Å². The summed E-state index contributed by atoms with van der Waals surface area (Å²) < 4.78 is 11.3. The zero-order valence-electron chi connectivity index (χ0n) is 24.9. The fourth-order valence-electron chi connectivity index (χ4n) is 4.23. The summed E-state index contributed by atoms with van der Waals surface area (Å²) >= 11 is 0. The van der Waals surface area contributed by atoms with Crippen LogP contribution in [0.4, 0.5) is 4.79 Å². The number of pyridine rings is 1. The molecule has 0 fully saturated rings. The molecule has 0 saturated heterocycles. The van der Waals surface area contributed by atoms with E-state index in [1.54, 1.807) is 20.8 Å². The van der Waals surface area contributed by atoms with E-state index in [-0.39, 0.29) is 17.9 Å². The number of rotatable bonds is 13. The minimum atomic E-state index is -0.853. The SMILES string of the molecule is CC(C)(CCCCOc1cc(-c2ccccc2)cc(-c2ccccc2)n1)CNC(=O)C(CN)NC(=O)OC(C)(C)C. The van der Waals surface area contributed by atoms with Gasteiger partial charge in [0, 0.05) is 24.7 Å². The number of unbranched alkanes of at least 4 members (excludes halogenated alkanes) is 1. The number of nitrogens with zero attached hydrogens (tertiary/aromatic N) is 1. The summed E-state index contributed by atoms with van der Waals surface area (Å²) in [5.41, 5.74) is 9.00. The molecule has 0 bridgehead atoms. The number of amides is 2. The number of ether oxygens (including phenoxy) is 2. The van der Waals surface area contributed by atoms with Gasteiger partial charge in [0.2, 0.25) is 11.8 Å². The van der Waals surface area contributed by atoms with E-state index in [1.165, 1.54) is 0 Å². The van der Waals surface area contributed by atoms with Crippen LogP contribution < -0.4 is 21.1 Å². The van der Waals surface area contributed by atoms with Crippen molar-refractivity contribution in [2.45, 2.75) is 65.5 Å². The summed E-state index contributed by atoms with van der Waals surface area (Å²) in [5.74, 6) is 0.274. The Bertz CT molecular complexity index is 1200. The van der Waals surface area contributed by atoms with Crippen molar-refractivity contribution in [1.82, 2.24) is 15.6 Å². The number of hydrogen-bond donors (Lipinski definition) is 3. The molecule has 1 aromatic heterocycles. The van der Waals surface area contributed by atoms with Gasteiger partial charge >= 0.3 is 6.09 Å². The third-order valence-corrected chi connectivity index (χ3v) is 6.46. The molecular weight excluding hydrogens is 516 g/mol. The number of carbonyl (C=O) groups excluding carboxylic acids is 2. The van der Waals surface area contributed by atoms with Crippen molar-refractivity contribution < 1.29 is 19.1 Å². The van der Waals surface area contributed by atoms with E-state index < -0.39 is 17.7 Å². The number of benzene rings is 2. The zero-order valence-corrected chi connectivity index (χ0v) is 24.9. The van der Waals surface area contributed by atoms with E-state index >= 15 is 0 Å². The highest BCUT2D eigenvalue weighted by Crippen LogP contribution is 2.29. The second-order valence-corrected chi connectivity index (χ2v) is 11.9. The summed E-state index contributed by atoms with van der Waals surface area (Å²) in [6, 6.07) is 23.5. The van der Waals surface area contributed by atoms with Gasteiger partial charge in [-0.1, -0.05) is 74.5 Å². The highest BCUT2D eigenvalue weighted by molar-refractivity contribution is 5.86. The van der Waals surface area contributed by atoms with Crippen molar-refractivity contribution in [3.63, 3.8) is 0 Å². The van der Waals surface area contributed by atoms with Gasteiger partial charge < -0.3 is 25.8 Å². The van der Waals surface area contributed by atoms with Crippen molar-refractivity contribution >= 4 is 12.0 Å². The van der Waals surface area contributed by atoms with Crippen LogP contribution >= 0.6 is 0 Å². The maximum atomic E-state index is 12.6. The molecule has 2 aromatic carbocycles. The minimum Gasteiger partial charge on any atom is -0.478 e. The molecule has 4 N–H and O–H groups in total.